The highest BCUT2D eigenvalue weighted by molar-refractivity contribution is 5.77. The number of hydrogen-bond acceptors (Lipinski definition) is 3. The van der Waals surface area contributed by atoms with E-state index in [0.29, 0.717) is 6.54 Å². The van der Waals surface area contributed by atoms with E-state index in [9.17, 15) is 4.79 Å². The van der Waals surface area contributed by atoms with Gasteiger partial charge in [-0.25, -0.2) is 0 Å². The van der Waals surface area contributed by atoms with E-state index in [1.165, 1.54) is 45.3 Å². The normalized spacial score (nSPS) is 22.1. The lowest BCUT2D eigenvalue weighted by Crippen LogP contribution is -2.40. The summed E-state index contributed by atoms with van der Waals surface area (Å²) in [6.07, 6.45) is 5.13. The molecule has 1 saturated heterocycles. The Morgan fingerprint density at radius 1 is 1.11 bits per heavy atom. The van der Waals surface area contributed by atoms with Crippen LogP contribution in [0, 0.1) is 11.8 Å². The molecule has 2 rings (SSSR count). The van der Waals surface area contributed by atoms with E-state index in [-0.39, 0.29) is 5.91 Å². The largest absolute Gasteiger partial charge is 0.355 e. The van der Waals surface area contributed by atoms with Crippen LogP contribution in [0.3, 0.4) is 0 Å². The van der Waals surface area contributed by atoms with Crippen molar-refractivity contribution >= 4 is 5.91 Å². The minimum Gasteiger partial charge on any atom is -0.355 e. The SMILES string of the molecule is CCN1CCC(CNCC(=O)NCC2CC2)CC1. The van der Waals surface area contributed by atoms with Crippen LogP contribution in [0.5, 0.6) is 0 Å². The van der Waals surface area contributed by atoms with Crippen molar-refractivity contribution in [3.8, 4) is 0 Å². The van der Waals surface area contributed by atoms with Crippen LogP contribution in [-0.4, -0.2) is 50.1 Å². The maximum Gasteiger partial charge on any atom is 0.233 e. The molecule has 2 aliphatic rings. The number of hydrogen-bond donors (Lipinski definition) is 2. The molecule has 1 amide bonds. The Kier molecular flexibility index (Phi) is 5.45. The molecule has 1 aliphatic heterocycles. The maximum absolute atomic E-state index is 11.5. The molecule has 18 heavy (non-hydrogen) atoms. The van der Waals surface area contributed by atoms with Gasteiger partial charge in [0.1, 0.15) is 0 Å². The molecule has 2 N–H and O–H groups in total. The van der Waals surface area contributed by atoms with Crippen LogP contribution < -0.4 is 10.6 Å². The lowest BCUT2D eigenvalue weighted by molar-refractivity contribution is -0.120. The summed E-state index contributed by atoms with van der Waals surface area (Å²) < 4.78 is 0. The van der Waals surface area contributed by atoms with Crippen LogP contribution in [0.1, 0.15) is 32.6 Å². The predicted molar refractivity (Wildman–Crippen MR) is 73.4 cm³/mol. The van der Waals surface area contributed by atoms with E-state index >= 15 is 0 Å². The average Bonchev–Trinajstić information content (AvgIpc) is 3.21. The first-order valence-corrected chi connectivity index (χ1v) is 7.47. The van der Waals surface area contributed by atoms with Crippen molar-refractivity contribution in [1.29, 1.82) is 0 Å². The number of nitrogens with zero attached hydrogens (tertiary/aromatic N) is 1. The fraction of sp³-hybridized carbons (Fsp3) is 0.929. The molecule has 0 radical (unpaired) electrons. The second kappa shape index (κ2) is 7.10. The highest BCUT2D eigenvalue weighted by Crippen LogP contribution is 2.27. The zero-order valence-electron chi connectivity index (χ0n) is 11.6. The summed E-state index contributed by atoms with van der Waals surface area (Å²) in [5.74, 6) is 1.68. The minimum absolute atomic E-state index is 0.160. The van der Waals surface area contributed by atoms with Gasteiger partial charge in [0, 0.05) is 6.54 Å². The van der Waals surface area contributed by atoms with Crippen LogP contribution in [0.25, 0.3) is 0 Å². The number of nitrogens with one attached hydrogen (secondary N) is 2. The van der Waals surface area contributed by atoms with Crippen LogP contribution in [0.2, 0.25) is 0 Å². The number of piperidine rings is 1. The summed E-state index contributed by atoms with van der Waals surface area (Å²) in [7, 11) is 0. The molecule has 4 nitrogen and oxygen atoms in total. The molecule has 104 valence electrons. The second-order valence-electron chi connectivity index (χ2n) is 5.76. The number of likely N-dealkylation sites (tertiary alicyclic amines) is 1. The third kappa shape index (κ3) is 4.94. The second-order valence-corrected chi connectivity index (χ2v) is 5.76. The quantitative estimate of drug-likeness (QED) is 0.706. The Balaban J connectivity index is 1.48. The Bertz CT molecular complexity index is 258. The molecule has 0 atom stereocenters. The van der Waals surface area contributed by atoms with Gasteiger partial charge in [0.2, 0.25) is 5.91 Å². The van der Waals surface area contributed by atoms with Gasteiger partial charge in [-0.3, -0.25) is 4.79 Å². The van der Waals surface area contributed by atoms with Crippen LogP contribution >= 0.6 is 0 Å². The molecule has 0 aromatic rings. The monoisotopic (exact) mass is 253 g/mol. The summed E-state index contributed by atoms with van der Waals surface area (Å²) in [6, 6.07) is 0. The lowest BCUT2D eigenvalue weighted by atomic mass is 9.97. The summed E-state index contributed by atoms with van der Waals surface area (Å²) >= 11 is 0. The summed E-state index contributed by atoms with van der Waals surface area (Å²) in [5.41, 5.74) is 0. The lowest BCUT2D eigenvalue weighted by Gasteiger charge is -2.31. The number of carbonyl (C=O) groups excluding carboxylic acids is 1. The molecule has 0 unspecified atom stereocenters. The first-order valence-electron chi connectivity index (χ1n) is 7.47. The predicted octanol–water partition coefficient (Wildman–Crippen LogP) is 0.834. The Morgan fingerprint density at radius 2 is 1.78 bits per heavy atom. The van der Waals surface area contributed by atoms with E-state index < -0.39 is 0 Å². The van der Waals surface area contributed by atoms with E-state index in [2.05, 4.69) is 22.5 Å². The highest BCUT2D eigenvalue weighted by Gasteiger charge is 2.21. The van der Waals surface area contributed by atoms with Gasteiger partial charge >= 0.3 is 0 Å². The summed E-state index contributed by atoms with van der Waals surface area (Å²) in [4.78, 5) is 14.0. The van der Waals surface area contributed by atoms with Crippen LogP contribution in [-0.2, 0) is 4.79 Å². The zero-order valence-corrected chi connectivity index (χ0v) is 11.6. The minimum atomic E-state index is 0.160. The fourth-order valence-corrected chi connectivity index (χ4v) is 2.54. The number of amides is 1. The van der Waals surface area contributed by atoms with Crippen molar-refractivity contribution in [3.05, 3.63) is 0 Å². The van der Waals surface area contributed by atoms with Gasteiger partial charge in [0.25, 0.3) is 0 Å². The van der Waals surface area contributed by atoms with Crippen molar-refractivity contribution in [2.45, 2.75) is 32.6 Å². The van der Waals surface area contributed by atoms with Crippen LogP contribution in [0.15, 0.2) is 0 Å². The molecule has 0 spiro atoms. The molecular formula is C14H27N3O. The molecular weight excluding hydrogens is 226 g/mol. The molecule has 1 saturated carbocycles. The van der Waals surface area contributed by atoms with Crippen molar-refractivity contribution in [2.24, 2.45) is 11.8 Å². The van der Waals surface area contributed by atoms with Crippen molar-refractivity contribution in [2.75, 3.05) is 39.3 Å². The molecule has 1 heterocycles. The summed E-state index contributed by atoms with van der Waals surface area (Å²) in [6.45, 7) is 8.20. The van der Waals surface area contributed by atoms with Crippen molar-refractivity contribution in [3.63, 3.8) is 0 Å². The van der Waals surface area contributed by atoms with Crippen molar-refractivity contribution in [1.82, 2.24) is 15.5 Å². The fourth-order valence-electron chi connectivity index (χ4n) is 2.54. The smallest absolute Gasteiger partial charge is 0.233 e. The standard InChI is InChI=1S/C14H27N3O/c1-2-17-7-5-13(6-8-17)9-15-11-14(18)16-10-12-3-4-12/h12-13,15H,2-11H2,1H3,(H,16,18). The number of rotatable bonds is 7. The van der Waals surface area contributed by atoms with E-state index in [1.807, 2.05) is 0 Å². The van der Waals surface area contributed by atoms with E-state index in [4.69, 9.17) is 0 Å². The van der Waals surface area contributed by atoms with Gasteiger partial charge in [-0.05, 0) is 63.7 Å². The maximum atomic E-state index is 11.5. The molecule has 0 aromatic heterocycles. The molecule has 4 heteroatoms. The number of carbonyl (C=O) groups is 1. The van der Waals surface area contributed by atoms with Gasteiger partial charge in [-0.15, -0.1) is 0 Å². The Labute approximate surface area is 110 Å². The average molecular weight is 253 g/mol. The van der Waals surface area contributed by atoms with Crippen molar-refractivity contribution < 1.29 is 4.79 Å². The first-order chi connectivity index (χ1) is 8.78. The van der Waals surface area contributed by atoms with Gasteiger partial charge < -0.3 is 15.5 Å². The third-order valence-corrected chi connectivity index (χ3v) is 4.16. The van der Waals surface area contributed by atoms with Gasteiger partial charge in [0.15, 0.2) is 0 Å². The molecule has 0 bridgehead atoms. The third-order valence-electron chi connectivity index (χ3n) is 4.16. The highest BCUT2D eigenvalue weighted by atomic mass is 16.1. The first kappa shape index (κ1) is 13.8. The van der Waals surface area contributed by atoms with Gasteiger partial charge in [-0.1, -0.05) is 6.92 Å². The molecule has 1 aliphatic carbocycles. The Morgan fingerprint density at radius 3 is 2.39 bits per heavy atom. The van der Waals surface area contributed by atoms with Gasteiger partial charge in [0.05, 0.1) is 6.54 Å². The molecule has 2 fully saturated rings. The van der Waals surface area contributed by atoms with E-state index in [0.717, 1.165) is 24.9 Å². The van der Waals surface area contributed by atoms with E-state index in [1.54, 1.807) is 0 Å². The van der Waals surface area contributed by atoms with Gasteiger partial charge in [-0.2, -0.15) is 0 Å². The van der Waals surface area contributed by atoms with Crippen LogP contribution in [0.4, 0.5) is 0 Å². The Hall–Kier alpha value is -0.610. The summed E-state index contributed by atoms with van der Waals surface area (Å²) in [5, 5.41) is 6.29. The zero-order chi connectivity index (χ0) is 12.8. The topological polar surface area (TPSA) is 44.4 Å². The molecule has 0 aromatic carbocycles.